The number of nitrogens with zero attached hydrogens (tertiary/aromatic N) is 1. The highest BCUT2D eigenvalue weighted by Crippen LogP contribution is 2.32. The summed E-state index contributed by atoms with van der Waals surface area (Å²) in [4.78, 5) is 11.8. The Morgan fingerprint density at radius 2 is 1.96 bits per heavy atom. The summed E-state index contributed by atoms with van der Waals surface area (Å²) < 4.78 is 28.6. The van der Waals surface area contributed by atoms with Gasteiger partial charge in [0.15, 0.2) is 0 Å². The number of hydrogen-bond donors (Lipinski definition) is 2. The zero-order chi connectivity index (χ0) is 18.7. The van der Waals surface area contributed by atoms with Crippen LogP contribution in [0.2, 0.25) is 0 Å². The fraction of sp³-hybridized carbons (Fsp3) is 0.421. The highest BCUT2D eigenvalue weighted by molar-refractivity contribution is 7.89. The summed E-state index contributed by atoms with van der Waals surface area (Å²) in [6, 6.07) is 10.6. The van der Waals surface area contributed by atoms with Crippen LogP contribution in [-0.2, 0) is 14.8 Å². The molecule has 1 aliphatic rings. The Balaban J connectivity index is 2.12. The molecular formula is C19H25N3O3S. The standard InChI is InChI=1S/C19H25N3O3S/c1-3-12-22(15-10-11-20-13-15)26(24,25)19-9-8-18(21-14(2)23)16-6-4-5-7-17(16)19/h4-9,15,20H,3,10-13H2,1-2H3,(H,21,23). The minimum Gasteiger partial charge on any atom is -0.326 e. The maximum atomic E-state index is 13.5. The molecule has 6 nitrogen and oxygen atoms in total. The van der Waals surface area contributed by atoms with E-state index in [-0.39, 0.29) is 11.9 Å². The van der Waals surface area contributed by atoms with E-state index < -0.39 is 10.0 Å². The summed E-state index contributed by atoms with van der Waals surface area (Å²) in [5, 5.41) is 7.38. The van der Waals surface area contributed by atoms with Crippen LogP contribution >= 0.6 is 0 Å². The van der Waals surface area contributed by atoms with Crippen LogP contribution in [0.4, 0.5) is 5.69 Å². The van der Waals surface area contributed by atoms with Crippen LogP contribution in [0.3, 0.4) is 0 Å². The third-order valence-electron chi connectivity index (χ3n) is 4.67. The average Bonchev–Trinajstić information content (AvgIpc) is 3.13. The first-order chi connectivity index (χ1) is 12.4. The summed E-state index contributed by atoms with van der Waals surface area (Å²) in [5.41, 5.74) is 0.622. The maximum absolute atomic E-state index is 13.5. The van der Waals surface area contributed by atoms with E-state index in [1.165, 1.54) is 6.92 Å². The second kappa shape index (κ2) is 7.73. The van der Waals surface area contributed by atoms with Crippen LogP contribution in [0.1, 0.15) is 26.7 Å². The van der Waals surface area contributed by atoms with Crippen LogP contribution < -0.4 is 10.6 Å². The lowest BCUT2D eigenvalue weighted by atomic mass is 10.1. The minimum absolute atomic E-state index is 0.0197. The zero-order valence-corrected chi connectivity index (χ0v) is 16.0. The molecule has 0 spiro atoms. The quantitative estimate of drug-likeness (QED) is 0.813. The van der Waals surface area contributed by atoms with E-state index in [4.69, 9.17) is 0 Å². The number of amides is 1. The number of carbonyl (C=O) groups excluding carboxylic acids is 1. The first-order valence-corrected chi connectivity index (χ1v) is 10.4. The molecule has 2 N–H and O–H groups in total. The Morgan fingerprint density at radius 1 is 1.23 bits per heavy atom. The van der Waals surface area contributed by atoms with E-state index in [0.717, 1.165) is 24.8 Å². The van der Waals surface area contributed by atoms with Crippen LogP contribution in [0.25, 0.3) is 10.8 Å². The lowest BCUT2D eigenvalue weighted by molar-refractivity contribution is -0.114. The largest absolute Gasteiger partial charge is 0.326 e. The smallest absolute Gasteiger partial charge is 0.243 e. The van der Waals surface area contributed by atoms with Gasteiger partial charge in [-0.3, -0.25) is 4.79 Å². The molecule has 0 radical (unpaired) electrons. The normalized spacial score (nSPS) is 17.7. The van der Waals surface area contributed by atoms with Gasteiger partial charge < -0.3 is 10.6 Å². The highest BCUT2D eigenvalue weighted by atomic mass is 32.2. The molecule has 1 unspecified atom stereocenters. The van der Waals surface area contributed by atoms with Crippen molar-refractivity contribution in [1.29, 1.82) is 0 Å². The second-order valence-corrected chi connectivity index (χ2v) is 8.46. The van der Waals surface area contributed by atoms with Crippen LogP contribution in [-0.4, -0.2) is 44.3 Å². The van der Waals surface area contributed by atoms with E-state index in [1.54, 1.807) is 22.5 Å². The molecule has 2 aromatic carbocycles. The van der Waals surface area contributed by atoms with Crippen LogP contribution in [0, 0.1) is 0 Å². The number of carbonyl (C=O) groups is 1. The lowest BCUT2D eigenvalue weighted by Gasteiger charge is -2.28. The summed E-state index contributed by atoms with van der Waals surface area (Å²) in [5.74, 6) is -0.185. The van der Waals surface area contributed by atoms with E-state index in [9.17, 15) is 13.2 Å². The third kappa shape index (κ3) is 3.60. The van der Waals surface area contributed by atoms with Crippen molar-refractivity contribution in [2.75, 3.05) is 25.0 Å². The Labute approximate surface area is 154 Å². The molecular weight excluding hydrogens is 350 g/mol. The molecule has 1 amide bonds. The predicted molar refractivity (Wildman–Crippen MR) is 104 cm³/mol. The molecule has 7 heteroatoms. The molecule has 0 aliphatic carbocycles. The van der Waals surface area contributed by atoms with Gasteiger partial charge >= 0.3 is 0 Å². The van der Waals surface area contributed by atoms with Gasteiger partial charge in [0.25, 0.3) is 0 Å². The molecule has 0 aromatic heterocycles. The minimum atomic E-state index is -3.64. The zero-order valence-electron chi connectivity index (χ0n) is 15.2. The van der Waals surface area contributed by atoms with Gasteiger partial charge in [0, 0.05) is 42.5 Å². The van der Waals surface area contributed by atoms with Crippen molar-refractivity contribution in [3.8, 4) is 0 Å². The van der Waals surface area contributed by atoms with Crippen molar-refractivity contribution in [3.05, 3.63) is 36.4 Å². The molecule has 1 heterocycles. The monoisotopic (exact) mass is 375 g/mol. The molecule has 3 rings (SSSR count). The molecule has 1 atom stereocenters. The number of nitrogens with one attached hydrogen (secondary N) is 2. The lowest BCUT2D eigenvalue weighted by Crippen LogP contribution is -2.42. The number of benzene rings is 2. The van der Waals surface area contributed by atoms with Crippen LogP contribution in [0.5, 0.6) is 0 Å². The topological polar surface area (TPSA) is 78.5 Å². The molecule has 26 heavy (non-hydrogen) atoms. The van der Waals surface area contributed by atoms with Crippen molar-refractivity contribution in [1.82, 2.24) is 9.62 Å². The summed E-state index contributed by atoms with van der Waals surface area (Å²) in [6.45, 7) is 5.44. The molecule has 1 fully saturated rings. The van der Waals surface area contributed by atoms with Gasteiger partial charge in [0.2, 0.25) is 15.9 Å². The Kier molecular flexibility index (Phi) is 5.60. The van der Waals surface area contributed by atoms with Gasteiger partial charge in [0.05, 0.1) is 4.90 Å². The number of fused-ring (bicyclic) bond motifs is 1. The van der Waals surface area contributed by atoms with Crippen molar-refractivity contribution >= 4 is 32.4 Å². The van der Waals surface area contributed by atoms with Crippen molar-refractivity contribution in [3.63, 3.8) is 0 Å². The molecule has 0 saturated carbocycles. The predicted octanol–water partition coefficient (Wildman–Crippen LogP) is 2.56. The van der Waals surface area contributed by atoms with Gasteiger partial charge in [-0.25, -0.2) is 8.42 Å². The van der Waals surface area contributed by atoms with Crippen molar-refractivity contribution < 1.29 is 13.2 Å². The molecule has 140 valence electrons. The fourth-order valence-electron chi connectivity index (χ4n) is 3.53. The van der Waals surface area contributed by atoms with Crippen LogP contribution in [0.15, 0.2) is 41.3 Å². The Bertz CT molecular complexity index is 905. The SMILES string of the molecule is CCCN(C1CCNC1)S(=O)(=O)c1ccc(NC(C)=O)c2ccccc12. The third-order valence-corrected chi connectivity index (χ3v) is 6.68. The Hall–Kier alpha value is -1.96. The molecule has 0 bridgehead atoms. The van der Waals surface area contributed by atoms with E-state index in [0.29, 0.717) is 29.1 Å². The first-order valence-electron chi connectivity index (χ1n) is 8.97. The first kappa shape index (κ1) is 18.8. The number of anilines is 1. The van der Waals surface area contributed by atoms with Gasteiger partial charge in [-0.15, -0.1) is 0 Å². The van der Waals surface area contributed by atoms with E-state index in [2.05, 4.69) is 10.6 Å². The van der Waals surface area contributed by atoms with Gasteiger partial charge in [-0.05, 0) is 31.5 Å². The van der Waals surface area contributed by atoms with E-state index >= 15 is 0 Å². The van der Waals surface area contributed by atoms with Crippen molar-refractivity contribution in [2.45, 2.75) is 37.6 Å². The average molecular weight is 375 g/mol. The number of sulfonamides is 1. The van der Waals surface area contributed by atoms with Gasteiger partial charge in [-0.1, -0.05) is 31.2 Å². The summed E-state index contributed by atoms with van der Waals surface area (Å²) in [7, 11) is -3.64. The highest BCUT2D eigenvalue weighted by Gasteiger charge is 2.33. The maximum Gasteiger partial charge on any atom is 0.243 e. The van der Waals surface area contributed by atoms with Crippen molar-refractivity contribution in [2.24, 2.45) is 0 Å². The molecule has 1 saturated heterocycles. The number of hydrogen-bond acceptors (Lipinski definition) is 4. The summed E-state index contributed by atoms with van der Waals surface area (Å²) >= 11 is 0. The van der Waals surface area contributed by atoms with Gasteiger partial charge in [0.1, 0.15) is 0 Å². The summed E-state index contributed by atoms with van der Waals surface area (Å²) in [6.07, 6.45) is 1.58. The molecule has 2 aromatic rings. The second-order valence-electron chi connectivity index (χ2n) is 6.60. The Morgan fingerprint density at radius 3 is 2.58 bits per heavy atom. The van der Waals surface area contributed by atoms with Gasteiger partial charge in [-0.2, -0.15) is 4.31 Å². The fourth-order valence-corrected chi connectivity index (χ4v) is 5.47. The molecule has 1 aliphatic heterocycles. The van der Waals surface area contributed by atoms with E-state index in [1.807, 2.05) is 25.1 Å². The number of rotatable bonds is 6.